The molecule has 0 aliphatic rings. The monoisotopic (exact) mass is 309 g/mol. The minimum atomic E-state index is -3.78. The van der Waals surface area contributed by atoms with E-state index >= 15 is 0 Å². The number of hydrogen-bond donors (Lipinski definition) is 2. The zero-order chi connectivity index (χ0) is 14.8. The van der Waals surface area contributed by atoms with E-state index < -0.39 is 16.1 Å². The molecular formula is C11H20ClN3O3S. The number of rotatable bonds is 6. The van der Waals surface area contributed by atoms with E-state index in [0.29, 0.717) is 12.1 Å². The van der Waals surface area contributed by atoms with Crippen LogP contribution in [0.15, 0.2) is 4.90 Å². The van der Waals surface area contributed by atoms with Gasteiger partial charge in [-0.1, -0.05) is 25.4 Å². The molecule has 6 nitrogen and oxygen atoms in total. The first-order valence-electron chi connectivity index (χ1n) is 6.01. The van der Waals surface area contributed by atoms with Gasteiger partial charge in [-0.2, -0.15) is 5.10 Å². The Morgan fingerprint density at radius 2 is 2.05 bits per heavy atom. The number of halogens is 1. The van der Waals surface area contributed by atoms with Gasteiger partial charge in [0, 0.05) is 13.1 Å². The van der Waals surface area contributed by atoms with Gasteiger partial charge in [0.25, 0.3) is 0 Å². The number of aromatic nitrogens is 2. The van der Waals surface area contributed by atoms with E-state index in [1.54, 1.807) is 14.0 Å². The fourth-order valence-electron chi connectivity index (χ4n) is 1.92. The van der Waals surface area contributed by atoms with E-state index in [9.17, 15) is 13.5 Å². The molecule has 2 N–H and O–H groups in total. The average molecular weight is 310 g/mol. The molecule has 1 unspecified atom stereocenters. The maximum Gasteiger partial charge on any atom is 0.245 e. The molecule has 0 bridgehead atoms. The molecule has 1 aromatic heterocycles. The summed E-state index contributed by atoms with van der Waals surface area (Å²) in [4.78, 5) is -0.0288. The highest BCUT2D eigenvalue weighted by Crippen LogP contribution is 2.24. The number of nitrogens with zero attached hydrogens (tertiary/aromatic N) is 2. The first-order chi connectivity index (χ1) is 8.69. The van der Waals surface area contributed by atoms with Crippen LogP contribution in [0.4, 0.5) is 0 Å². The molecule has 0 saturated carbocycles. The van der Waals surface area contributed by atoms with Crippen LogP contribution in [0.1, 0.15) is 26.0 Å². The Kier molecular flexibility index (Phi) is 5.37. The summed E-state index contributed by atoms with van der Waals surface area (Å²) in [5.41, 5.74) is 0.334. The molecule has 1 atom stereocenters. The highest BCUT2D eigenvalue weighted by Gasteiger charge is 2.27. The molecule has 8 heteroatoms. The number of aliphatic hydroxyl groups is 1. The average Bonchev–Trinajstić information content (AvgIpc) is 2.51. The molecule has 1 heterocycles. The van der Waals surface area contributed by atoms with E-state index in [1.807, 2.05) is 13.8 Å². The molecule has 0 saturated heterocycles. The Morgan fingerprint density at radius 3 is 2.42 bits per heavy atom. The van der Waals surface area contributed by atoms with Crippen molar-refractivity contribution in [2.45, 2.75) is 38.1 Å². The summed E-state index contributed by atoms with van der Waals surface area (Å²) in [7, 11) is -2.21. The van der Waals surface area contributed by atoms with Gasteiger partial charge in [-0.05, 0) is 19.3 Å². The third-order valence-electron chi connectivity index (χ3n) is 2.67. The van der Waals surface area contributed by atoms with Crippen LogP contribution < -0.4 is 4.72 Å². The van der Waals surface area contributed by atoms with Crippen LogP contribution in [0, 0.1) is 12.8 Å². The Balaban J connectivity index is 3.04. The van der Waals surface area contributed by atoms with Gasteiger partial charge in [-0.15, -0.1) is 0 Å². The predicted octanol–water partition coefficient (Wildman–Crippen LogP) is 1.07. The van der Waals surface area contributed by atoms with Gasteiger partial charge in [0.15, 0.2) is 0 Å². The lowest BCUT2D eigenvalue weighted by Gasteiger charge is -2.18. The second kappa shape index (κ2) is 6.21. The lowest BCUT2D eigenvalue weighted by molar-refractivity contribution is 0.240. The first-order valence-corrected chi connectivity index (χ1v) is 7.87. The summed E-state index contributed by atoms with van der Waals surface area (Å²) in [6.45, 7) is 5.24. The lowest BCUT2D eigenvalue weighted by Crippen LogP contribution is -2.38. The van der Waals surface area contributed by atoms with E-state index in [-0.39, 0.29) is 22.6 Å². The quantitative estimate of drug-likeness (QED) is 0.823. The molecule has 0 radical (unpaired) electrons. The topological polar surface area (TPSA) is 84.2 Å². The van der Waals surface area contributed by atoms with Crippen molar-refractivity contribution in [1.29, 1.82) is 0 Å². The molecule has 0 aromatic carbocycles. The van der Waals surface area contributed by atoms with Crippen molar-refractivity contribution in [3.8, 4) is 0 Å². The van der Waals surface area contributed by atoms with Crippen molar-refractivity contribution in [3.63, 3.8) is 0 Å². The zero-order valence-corrected chi connectivity index (χ0v) is 13.1. The Bertz CT molecular complexity index is 540. The lowest BCUT2D eigenvalue weighted by atomic mass is 10.1. The molecule has 1 aromatic rings. The summed E-state index contributed by atoms with van der Waals surface area (Å²) >= 11 is 5.95. The number of nitrogens with one attached hydrogen (secondary N) is 1. The highest BCUT2D eigenvalue weighted by molar-refractivity contribution is 7.89. The summed E-state index contributed by atoms with van der Waals surface area (Å²) in [6, 6.07) is -0.527. The Hall–Kier alpha value is -0.630. The van der Waals surface area contributed by atoms with Crippen molar-refractivity contribution in [2.24, 2.45) is 13.0 Å². The molecule has 0 amide bonds. The molecule has 19 heavy (non-hydrogen) atoms. The Labute approximate surface area is 118 Å². The molecule has 0 aliphatic carbocycles. The van der Waals surface area contributed by atoms with Crippen LogP contribution in [0.5, 0.6) is 0 Å². The van der Waals surface area contributed by atoms with Gasteiger partial charge in [-0.25, -0.2) is 13.1 Å². The van der Waals surface area contributed by atoms with Gasteiger partial charge in [0.1, 0.15) is 10.0 Å². The molecule has 0 aliphatic heterocycles. The van der Waals surface area contributed by atoms with Gasteiger partial charge < -0.3 is 5.11 Å². The summed E-state index contributed by atoms with van der Waals surface area (Å²) in [5, 5.41) is 13.3. The van der Waals surface area contributed by atoms with E-state index in [0.717, 1.165) is 0 Å². The van der Waals surface area contributed by atoms with Crippen molar-refractivity contribution >= 4 is 21.6 Å². The van der Waals surface area contributed by atoms with Crippen molar-refractivity contribution < 1.29 is 13.5 Å². The third kappa shape index (κ3) is 3.92. The van der Waals surface area contributed by atoms with Crippen molar-refractivity contribution in [1.82, 2.24) is 14.5 Å². The standard InChI is InChI=1S/C11H20ClN3O3S/c1-7(2)5-9(6-16)14-19(17,18)10-8(3)13-15(4)11(10)12/h7,9,14,16H,5-6H2,1-4H3. The first kappa shape index (κ1) is 16.4. The summed E-state index contributed by atoms with van der Waals surface area (Å²) in [5.74, 6) is 0.269. The van der Waals surface area contributed by atoms with E-state index in [2.05, 4.69) is 9.82 Å². The zero-order valence-electron chi connectivity index (χ0n) is 11.5. The van der Waals surface area contributed by atoms with Gasteiger partial charge >= 0.3 is 0 Å². The van der Waals surface area contributed by atoms with Crippen LogP contribution in [-0.4, -0.2) is 36.0 Å². The molecule has 0 fully saturated rings. The predicted molar refractivity (Wildman–Crippen MR) is 73.6 cm³/mol. The SMILES string of the molecule is Cc1nn(C)c(Cl)c1S(=O)(=O)NC(CO)CC(C)C. The largest absolute Gasteiger partial charge is 0.395 e. The molecular weight excluding hydrogens is 290 g/mol. The Morgan fingerprint density at radius 1 is 1.47 bits per heavy atom. The number of aliphatic hydroxyl groups excluding tert-OH is 1. The van der Waals surface area contributed by atoms with Crippen molar-refractivity contribution in [2.75, 3.05) is 6.61 Å². The van der Waals surface area contributed by atoms with Crippen LogP contribution >= 0.6 is 11.6 Å². The number of sulfonamides is 1. The van der Waals surface area contributed by atoms with Gasteiger partial charge in [0.2, 0.25) is 10.0 Å². The molecule has 0 spiro atoms. The molecule has 1 rings (SSSR count). The smallest absolute Gasteiger partial charge is 0.245 e. The molecule has 110 valence electrons. The van der Waals surface area contributed by atoms with Crippen LogP contribution in [0.3, 0.4) is 0 Å². The second-order valence-electron chi connectivity index (χ2n) is 4.96. The van der Waals surface area contributed by atoms with Crippen LogP contribution in [0.25, 0.3) is 0 Å². The maximum atomic E-state index is 12.3. The fraction of sp³-hybridized carbons (Fsp3) is 0.727. The van der Waals surface area contributed by atoms with Gasteiger partial charge in [-0.3, -0.25) is 4.68 Å². The normalized spacial score (nSPS) is 14.1. The fourth-order valence-corrected chi connectivity index (χ4v) is 3.91. The maximum absolute atomic E-state index is 12.3. The van der Waals surface area contributed by atoms with Gasteiger partial charge in [0.05, 0.1) is 12.3 Å². The van der Waals surface area contributed by atoms with Crippen LogP contribution in [0.2, 0.25) is 5.15 Å². The minimum Gasteiger partial charge on any atom is -0.395 e. The van der Waals surface area contributed by atoms with Crippen LogP contribution in [-0.2, 0) is 17.1 Å². The third-order valence-corrected chi connectivity index (χ3v) is 4.88. The summed E-state index contributed by atoms with van der Waals surface area (Å²) in [6.07, 6.45) is 0.548. The van der Waals surface area contributed by atoms with E-state index in [1.165, 1.54) is 4.68 Å². The van der Waals surface area contributed by atoms with Crippen molar-refractivity contribution in [3.05, 3.63) is 10.8 Å². The van der Waals surface area contributed by atoms with E-state index in [4.69, 9.17) is 11.6 Å². The minimum absolute atomic E-state index is 0.0288. The number of aryl methyl sites for hydroxylation is 2. The number of hydrogen-bond acceptors (Lipinski definition) is 4. The summed E-state index contributed by atoms with van der Waals surface area (Å²) < 4.78 is 28.3. The highest BCUT2D eigenvalue weighted by atomic mass is 35.5. The second-order valence-corrected chi connectivity index (χ2v) is 6.97.